The number of benzene rings is 2. The van der Waals surface area contributed by atoms with Crippen molar-refractivity contribution >= 4 is 28.9 Å². The summed E-state index contributed by atoms with van der Waals surface area (Å²) in [5, 5.41) is 13.2. The van der Waals surface area contributed by atoms with Gasteiger partial charge in [-0.15, -0.1) is 0 Å². The number of nitrogens with one attached hydrogen (secondary N) is 1. The van der Waals surface area contributed by atoms with Gasteiger partial charge in [-0.2, -0.15) is 5.26 Å². The maximum atomic E-state index is 15.2. The number of alkyl halides is 2. The van der Waals surface area contributed by atoms with Crippen molar-refractivity contribution in [2.75, 3.05) is 62.7 Å². The molecule has 0 spiro atoms. The van der Waals surface area contributed by atoms with Crippen LogP contribution in [0.1, 0.15) is 24.8 Å². The van der Waals surface area contributed by atoms with Gasteiger partial charge in [0.1, 0.15) is 23.7 Å². The van der Waals surface area contributed by atoms with Crippen molar-refractivity contribution in [3.8, 4) is 23.2 Å². The Labute approximate surface area is 277 Å². The topological polar surface area (TPSA) is 124 Å². The lowest BCUT2D eigenvalue weighted by Gasteiger charge is -2.43. The molecule has 3 aliphatic heterocycles. The summed E-state index contributed by atoms with van der Waals surface area (Å²) in [5.74, 6) is -0.488. The summed E-state index contributed by atoms with van der Waals surface area (Å²) in [6, 6.07) is 17.6. The number of likely N-dealkylation sites (tertiary alicyclic amines) is 1. The van der Waals surface area contributed by atoms with Crippen LogP contribution in [-0.4, -0.2) is 108 Å². The third kappa shape index (κ3) is 6.81. The van der Waals surface area contributed by atoms with E-state index < -0.39 is 36.1 Å². The third-order valence-electron chi connectivity index (χ3n) is 9.68. The number of carbonyl (C=O) groups is 2. The fourth-order valence-electron chi connectivity index (χ4n) is 6.77. The molecule has 250 valence electrons. The number of ether oxygens (including phenoxy) is 2. The van der Waals surface area contributed by atoms with E-state index in [1.54, 1.807) is 30.5 Å². The van der Waals surface area contributed by atoms with Gasteiger partial charge in [-0.05, 0) is 55.0 Å². The molecule has 4 atom stereocenters. The number of amides is 1. The molecule has 3 aromatic rings. The number of nitrogens with zero attached hydrogens (tertiary/aromatic N) is 6. The van der Waals surface area contributed by atoms with Gasteiger partial charge in [0.2, 0.25) is 5.91 Å². The first-order valence-corrected chi connectivity index (χ1v) is 16.4. The van der Waals surface area contributed by atoms with Crippen molar-refractivity contribution in [2.45, 2.75) is 43.8 Å². The first-order chi connectivity index (χ1) is 23.3. The number of hydrogen-bond donors (Lipinski definition) is 1. The summed E-state index contributed by atoms with van der Waals surface area (Å²) in [4.78, 5) is 39.6. The van der Waals surface area contributed by atoms with Crippen molar-refractivity contribution < 1.29 is 27.8 Å². The smallest absolute Gasteiger partial charge is 0.226 e. The minimum Gasteiger partial charge on any atom is -0.486 e. The lowest BCUT2D eigenvalue weighted by atomic mass is 10.0. The minimum atomic E-state index is -1.63. The van der Waals surface area contributed by atoms with E-state index >= 15 is 4.39 Å². The zero-order chi connectivity index (χ0) is 33.2. The average molecular weight is 658 g/mol. The number of rotatable bonds is 8. The van der Waals surface area contributed by atoms with Crippen molar-refractivity contribution in [2.24, 2.45) is 5.92 Å². The van der Waals surface area contributed by atoms with Gasteiger partial charge in [0.15, 0.2) is 24.0 Å². The minimum absolute atomic E-state index is 0.142. The molecule has 1 saturated carbocycles. The highest BCUT2D eigenvalue weighted by atomic mass is 19.1. The van der Waals surface area contributed by atoms with Gasteiger partial charge in [0.05, 0.1) is 31.4 Å². The number of nitriles is 1. The molecule has 2 aromatic carbocycles. The van der Waals surface area contributed by atoms with E-state index in [1.807, 2.05) is 12.1 Å². The normalized spacial score (nSPS) is 25.0. The number of ketones is 1. The average Bonchev–Trinajstić information content (AvgIpc) is 3.43. The molecule has 13 heteroatoms. The molecule has 4 fully saturated rings. The number of Topliss-reactive ketones (excluding diaryl/α,β-unsaturated/α-hetero) is 1. The second-order valence-corrected chi connectivity index (χ2v) is 12.8. The molecular weight excluding hydrogens is 620 g/mol. The molecule has 0 bridgehead atoms. The molecule has 0 unspecified atom stereocenters. The number of piperidine rings is 1. The maximum absolute atomic E-state index is 15.2. The van der Waals surface area contributed by atoms with E-state index in [0.717, 1.165) is 45.1 Å². The summed E-state index contributed by atoms with van der Waals surface area (Å²) in [6.45, 7) is 5.72. The van der Waals surface area contributed by atoms with Crippen molar-refractivity contribution in [1.29, 1.82) is 5.26 Å². The molecule has 1 aromatic heterocycles. The Balaban J connectivity index is 0.953. The first kappa shape index (κ1) is 31.9. The predicted octanol–water partition coefficient (Wildman–Crippen LogP) is 3.91. The van der Waals surface area contributed by atoms with Gasteiger partial charge in [-0.25, -0.2) is 18.7 Å². The zero-order valence-corrected chi connectivity index (χ0v) is 26.4. The largest absolute Gasteiger partial charge is 0.486 e. The first-order valence-electron chi connectivity index (χ1n) is 16.4. The van der Waals surface area contributed by atoms with Crippen LogP contribution in [-0.2, 0) is 14.3 Å². The Morgan fingerprint density at radius 3 is 2.50 bits per heavy atom. The lowest BCUT2D eigenvalue weighted by Crippen LogP contribution is -2.56. The fourth-order valence-corrected chi connectivity index (χ4v) is 6.77. The van der Waals surface area contributed by atoms with Gasteiger partial charge >= 0.3 is 0 Å². The number of anilines is 3. The Bertz CT molecular complexity index is 1690. The number of hydrogen-bond acceptors (Lipinski definition) is 10. The van der Waals surface area contributed by atoms with Crippen molar-refractivity contribution in [1.82, 2.24) is 19.8 Å². The van der Waals surface area contributed by atoms with Gasteiger partial charge in [0.25, 0.3) is 0 Å². The van der Waals surface area contributed by atoms with Crippen LogP contribution in [0.4, 0.5) is 26.0 Å². The standard InChI is InChI=1S/C35H37F2N7O4/c36-28-16-23(17-30(28)45)35(46)44-10-8-32(29(37)19-44)48-31-6-1-22(15-24(31)18-38)34-39-9-7-33(41-34)40-25-2-4-26(5-3-25)42-11-13-43(14-12-42)27-20-47-21-27/h1-7,9,15,23,27-29,32H,8,10-14,16-17,19-21H2,(H,39,40,41)/t23-,28+,29-,32+/m1/s1. The van der Waals surface area contributed by atoms with Crippen molar-refractivity contribution in [3.05, 3.63) is 60.3 Å². The van der Waals surface area contributed by atoms with Crippen molar-refractivity contribution in [3.63, 3.8) is 0 Å². The molecule has 0 radical (unpaired) electrons. The van der Waals surface area contributed by atoms with Crippen LogP contribution in [0.25, 0.3) is 11.4 Å². The number of piperazine rings is 1. The van der Waals surface area contributed by atoms with Crippen LogP contribution in [0, 0.1) is 17.2 Å². The quantitative estimate of drug-likeness (QED) is 0.382. The maximum Gasteiger partial charge on any atom is 0.226 e. The molecule has 4 heterocycles. The second-order valence-electron chi connectivity index (χ2n) is 12.8. The molecule has 48 heavy (non-hydrogen) atoms. The van der Waals surface area contributed by atoms with E-state index in [4.69, 9.17) is 9.47 Å². The molecule has 7 rings (SSSR count). The van der Waals surface area contributed by atoms with E-state index in [0.29, 0.717) is 23.2 Å². The number of halogens is 2. The van der Waals surface area contributed by atoms with Crippen LogP contribution in [0.15, 0.2) is 54.7 Å². The second kappa shape index (κ2) is 13.8. The highest BCUT2D eigenvalue weighted by molar-refractivity contribution is 5.93. The summed E-state index contributed by atoms with van der Waals surface area (Å²) < 4.78 is 40.1. The van der Waals surface area contributed by atoms with Crippen LogP contribution in [0.5, 0.6) is 5.75 Å². The highest BCUT2D eigenvalue weighted by Crippen LogP contribution is 2.31. The Morgan fingerprint density at radius 2 is 1.83 bits per heavy atom. The molecule has 1 aliphatic carbocycles. The molecule has 1 N–H and O–H groups in total. The van der Waals surface area contributed by atoms with E-state index in [2.05, 4.69) is 43.3 Å². The summed E-state index contributed by atoms with van der Waals surface area (Å²) in [6.07, 6.45) is -2.45. The Kier molecular flexibility index (Phi) is 9.19. The van der Waals surface area contributed by atoms with Crippen LogP contribution < -0.4 is 15.0 Å². The monoisotopic (exact) mass is 657 g/mol. The summed E-state index contributed by atoms with van der Waals surface area (Å²) in [7, 11) is 0. The molecule has 11 nitrogen and oxygen atoms in total. The Hall–Kier alpha value is -4.67. The van der Waals surface area contributed by atoms with Gasteiger partial charge in [0, 0.05) is 74.6 Å². The Morgan fingerprint density at radius 1 is 1.04 bits per heavy atom. The van der Waals surface area contributed by atoms with E-state index in [-0.39, 0.29) is 43.7 Å². The lowest BCUT2D eigenvalue weighted by molar-refractivity contribution is -0.139. The van der Waals surface area contributed by atoms with Gasteiger partial charge in [-0.1, -0.05) is 0 Å². The SMILES string of the molecule is N#Cc1cc(-c2nccc(Nc3ccc(N4CCN(C5COC5)CC4)cc3)n2)ccc1O[C@H]1CCN(C(=O)[C@H]2CC(=O)[C@@H](F)C2)C[C@H]1F. The van der Waals surface area contributed by atoms with E-state index in [9.17, 15) is 19.2 Å². The molecule has 4 aliphatic rings. The number of aromatic nitrogens is 2. The van der Waals surface area contributed by atoms with Crippen LogP contribution in [0.2, 0.25) is 0 Å². The molecule has 1 amide bonds. The number of carbonyl (C=O) groups excluding carboxylic acids is 2. The highest BCUT2D eigenvalue weighted by Gasteiger charge is 2.41. The van der Waals surface area contributed by atoms with Crippen LogP contribution >= 0.6 is 0 Å². The molecule has 3 saturated heterocycles. The molecular formula is C35H37F2N7O4. The zero-order valence-electron chi connectivity index (χ0n) is 26.4. The fraction of sp³-hybridized carbons (Fsp3) is 0.457. The van der Waals surface area contributed by atoms with Gasteiger partial charge < -0.3 is 24.6 Å². The summed E-state index contributed by atoms with van der Waals surface area (Å²) in [5.41, 5.74) is 2.86. The predicted molar refractivity (Wildman–Crippen MR) is 173 cm³/mol. The van der Waals surface area contributed by atoms with Crippen LogP contribution in [0.3, 0.4) is 0 Å². The third-order valence-corrected chi connectivity index (χ3v) is 9.68. The van der Waals surface area contributed by atoms with E-state index in [1.165, 1.54) is 10.6 Å². The van der Waals surface area contributed by atoms with Gasteiger partial charge in [-0.3, -0.25) is 14.5 Å². The summed E-state index contributed by atoms with van der Waals surface area (Å²) >= 11 is 0.